The highest BCUT2D eigenvalue weighted by atomic mass is 79.9. The summed E-state index contributed by atoms with van der Waals surface area (Å²) >= 11 is 6.39. The van der Waals surface area contributed by atoms with E-state index in [0.717, 1.165) is 15.6 Å². The number of benzene rings is 2. The van der Waals surface area contributed by atoms with E-state index in [1.54, 1.807) is 24.3 Å². The molecule has 0 atom stereocenters. The van der Waals surface area contributed by atoms with E-state index in [2.05, 4.69) is 43.8 Å². The second-order valence-electron chi connectivity index (χ2n) is 5.10. The Hall–Kier alpha value is -2.24. The average Bonchev–Trinajstić information content (AvgIpc) is 2.60. The first-order chi connectivity index (χ1) is 11.9. The van der Waals surface area contributed by atoms with Crippen molar-refractivity contribution in [2.24, 2.45) is 0 Å². The number of halogens is 2. The summed E-state index contributed by atoms with van der Waals surface area (Å²) in [5, 5.41) is 2.68. The van der Waals surface area contributed by atoms with Gasteiger partial charge in [0.05, 0.1) is 4.48 Å². The van der Waals surface area contributed by atoms with Crippen molar-refractivity contribution in [3.05, 3.63) is 87.3 Å². The largest absolute Gasteiger partial charge is 0.322 e. The minimum absolute atomic E-state index is 0.101. The van der Waals surface area contributed by atoms with Gasteiger partial charge in [-0.1, -0.05) is 58.9 Å². The van der Waals surface area contributed by atoms with Crippen LogP contribution in [0.2, 0.25) is 0 Å². The smallest absolute Gasteiger partial charge is 0.262 e. The molecule has 2 aromatic carbocycles. The molecule has 0 aliphatic rings. The van der Waals surface area contributed by atoms with Crippen LogP contribution in [0.1, 0.15) is 11.1 Å². The van der Waals surface area contributed by atoms with Crippen molar-refractivity contribution in [3.8, 4) is 0 Å². The molecule has 0 unspecified atom stereocenters. The molecule has 3 nitrogen and oxygen atoms in total. The Bertz CT molecular complexity index is 835. The van der Waals surface area contributed by atoms with Gasteiger partial charge in [-0.25, -0.2) is 0 Å². The third kappa shape index (κ3) is 6.64. The van der Waals surface area contributed by atoms with Gasteiger partial charge in [0.25, 0.3) is 5.91 Å². The molecular formula is C20H15Br2NO2. The Morgan fingerprint density at radius 3 is 1.84 bits per heavy atom. The summed E-state index contributed by atoms with van der Waals surface area (Å²) in [6.45, 7) is 3.51. The number of carbonyl (C=O) groups excluding carboxylic acids is 2. The Kier molecular flexibility index (Phi) is 7.10. The fourth-order valence-electron chi connectivity index (χ4n) is 1.86. The summed E-state index contributed by atoms with van der Waals surface area (Å²) in [5.41, 5.74) is 2.48. The number of hydrogen-bond donors (Lipinski definition) is 1. The minimum Gasteiger partial charge on any atom is -0.322 e. The molecule has 0 saturated heterocycles. The molecule has 1 N–H and O–H groups in total. The summed E-state index contributed by atoms with van der Waals surface area (Å²) in [7, 11) is 0. The van der Waals surface area contributed by atoms with Crippen LogP contribution in [0.15, 0.2) is 76.2 Å². The Morgan fingerprint density at radius 1 is 0.880 bits per heavy atom. The van der Waals surface area contributed by atoms with Crippen LogP contribution in [0.3, 0.4) is 0 Å². The number of rotatable bonds is 6. The van der Waals surface area contributed by atoms with Gasteiger partial charge in [-0.2, -0.15) is 0 Å². The van der Waals surface area contributed by atoms with E-state index in [9.17, 15) is 9.59 Å². The molecule has 25 heavy (non-hydrogen) atoms. The number of amides is 1. The molecule has 0 spiro atoms. The van der Waals surface area contributed by atoms with Crippen molar-refractivity contribution in [2.75, 3.05) is 5.32 Å². The molecule has 0 aliphatic carbocycles. The lowest BCUT2D eigenvalue weighted by Crippen LogP contribution is -2.10. The minimum atomic E-state index is -0.295. The summed E-state index contributed by atoms with van der Waals surface area (Å²) in [6, 6.07) is 14.8. The molecule has 126 valence electrons. The van der Waals surface area contributed by atoms with Crippen LogP contribution in [0.4, 0.5) is 5.69 Å². The molecule has 5 heteroatoms. The third-order valence-electron chi connectivity index (χ3n) is 3.17. The van der Waals surface area contributed by atoms with Crippen molar-refractivity contribution < 1.29 is 9.59 Å². The van der Waals surface area contributed by atoms with Gasteiger partial charge in [-0.3, -0.25) is 9.59 Å². The molecule has 0 fully saturated rings. The van der Waals surface area contributed by atoms with Crippen molar-refractivity contribution in [3.63, 3.8) is 0 Å². The van der Waals surface area contributed by atoms with Gasteiger partial charge >= 0.3 is 0 Å². The molecule has 0 radical (unpaired) electrons. The SMILES string of the molecule is C=C(Br)C(=O)Nc1ccc(/C=C/C(=O)/C=C/c2ccc(Br)cc2)cc1. The highest BCUT2D eigenvalue weighted by Crippen LogP contribution is 2.14. The topological polar surface area (TPSA) is 46.2 Å². The number of anilines is 1. The fraction of sp³-hybridized carbons (Fsp3) is 0. The van der Waals surface area contributed by atoms with Crippen molar-refractivity contribution in [2.45, 2.75) is 0 Å². The quantitative estimate of drug-likeness (QED) is 0.571. The third-order valence-corrected chi connectivity index (χ3v) is 4.05. The van der Waals surface area contributed by atoms with Crippen LogP contribution < -0.4 is 5.32 Å². The van der Waals surface area contributed by atoms with Crippen molar-refractivity contribution >= 4 is 61.4 Å². The maximum absolute atomic E-state index is 11.9. The Labute approximate surface area is 163 Å². The Morgan fingerprint density at radius 2 is 1.36 bits per heavy atom. The maximum atomic E-state index is 11.9. The predicted octanol–water partition coefficient (Wildman–Crippen LogP) is 5.59. The second kappa shape index (κ2) is 9.30. The fourth-order valence-corrected chi connectivity index (χ4v) is 2.23. The molecule has 1 amide bonds. The van der Waals surface area contributed by atoms with Crippen LogP contribution in [0.5, 0.6) is 0 Å². The van der Waals surface area contributed by atoms with Crippen molar-refractivity contribution in [1.29, 1.82) is 0 Å². The van der Waals surface area contributed by atoms with Crippen LogP contribution in [0, 0.1) is 0 Å². The average molecular weight is 461 g/mol. The normalized spacial score (nSPS) is 11.0. The number of hydrogen-bond acceptors (Lipinski definition) is 2. The summed E-state index contributed by atoms with van der Waals surface area (Å²) in [5.74, 6) is -0.396. The second-order valence-corrected chi connectivity index (χ2v) is 6.97. The van der Waals surface area contributed by atoms with Gasteiger partial charge in [-0.15, -0.1) is 0 Å². The van der Waals surface area contributed by atoms with Gasteiger partial charge < -0.3 is 5.32 Å². The van der Waals surface area contributed by atoms with Crippen LogP contribution in [-0.4, -0.2) is 11.7 Å². The van der Waals surface area contributed by atoms with Crippen LogP contribution in [0.25, 0.3) is 12.2 Å². The zero-order valence-electron chi connectivity index (χ0n) is 13.2. The zero-order valence-corrected chi connectivity index (χ0v) is 16.4. The number of ketones is 1. The molecule has 0 aromatic heterocycles. The lowest BCUT2D eigenvalue weighted by Gasteiger charge is -2.03. The molecule has 0 bridgehead atoms. The highest BCUT2D eigenvalue weighted by Gasteiger charge is 2.03. The molecule has 0 saturated carbocycles. The van der Waals surface area contributed by atoms with E-state index in [1.165, 1.54) is 12.2 Å². The van der Waals surface area contributed by atoms with Gasteiger partial charge in [-0.05, 0) is 63.5 Å². The lowest BCUT2D eigenvalue weighted by atomic mass is 10.1. The summed E-state index contributed by atoms with van der Waals surface area (Å²) in [4.78, 5) is 23.4. The van der Waals surface area contributed by atoms with Gasteiger partial charge in [0.2, 0.25) is 0 Å². The molecular weight excluding hydrogens is 446 g/mol. The molecule has 2 rings (SSSR count). The molecule has 0 heterocycles. The van der Waals surface area contributed by atoms with E-state index in [-0.39, 0.29) is 16.2 Å². The van der Waals surface area contributed by atoms with E-state index in [0.29, 0.717) is 5.69 Å². The first-order valence-corrected chi connectivity index (χ1v) is 8.94. The van der Waals surface area contributed by atoms with Gasteiger partial charge in [0, 0.05) is 10.2 Å². The predicted molar refractivity (Wildman–Crippen MR) is 110 cm³/mol. The number of carbonyl (C=O) groups is 2. The van der Waals surface area contributed by atoms with E-state index in [4.69, 9.17) is 0 Å². The number of nitrogens with one attached hydrogen (secondary N) is 1. The summed E-state index contributed by atoms with van der Waals surface area (Å²) < 4.78 is 1.26. The highest BCUT2D eigenvalue weighted by molar-refractivity contribution is 9.12. The van der Waals surface area contributed by atoms with Gasteiger partial charge in [0.1, 0.15) is 0 Å². The van der Waals surface area contributed by atoms with E-state index < -0.39 is 0 Å². The summed E-state index contributed by atoms with van der Waals surface area (Å²) in [6.07, 6.45) is 6.52. The van der Waals surface area contributed by atoms with E-state index >= 15 is 0 Å². The number of allylic oxidation sites excluding steroid dienone is 2. The standard InChI is InChI=1S/C20H15Br2NO2/c1-14(21)20(25)23-18-10-4-16(5-11-18)7-13-19(24)12-6-15-2-8-17(22)9-3-15/h2-13H,1H2,(H,23,25)/b12-6+,13-7+. The molecule has 0 aliphatic heterocycles. The lowest BCUT2D eigenvalue weighted by molar-refractivity contribution is -0.112. The first kappa shape index (κ1) is 19.1. The van der Waals surface area contributed by atoms with Crippen molar-refractivity contribution in [1.82, 2.24) is 0 Å². The van der Waals surface area contributed by atoms with Gasteiger partial charge in [0.15, 0.2) is 5.78 Å². The Balaban J connectivity index is 1.94. The van der Waals surface area contributed by atoms with E-state index in [1.807, 2.05) is 36.4 Å². The zero-order chi connectivity index (χ0) is 18.2. The maximum Gasteiger partial charge on any atom is 0.262 e. The monoisotopic (exact) mass is 459 g/mol. The first-order valence-electron chi connectivity index (χ1n) is 7.35. The molecule has 2 aromatic rings. The van der Waals surface area contributed by atoms with Crippen LogP contribution in [-0.2, 0) is 9.59 Å². The van der Waals surface area contributed by atoms with Crippen LogP contribution >= 0.6 is 31.9 Å².